The average molecular weight is 329 g/mol. The molecule has 114 valence electrons. The van der Waals surface area contributed by atoms with Crippen molar-refractivity contribution in [3.8, 4) is 0 Å². The Morgan fingerprint density at radius 1 is 1.14 bits per heavy atom. The van der Waals surface area contributed by atoms with Crippen LogP contribution < -0.4 is 9.86 Å². The maximum atomic E-state index is 12.3. The van der Waals surface area contributed by atoms with Gasteiger partial charge in [-0.05, 0) is 18.6 Å². The Hall–Kier alpha value is -1.55. The van der Waals surface area contributed by atoms with Gasteiger partial charge in [-0.1, -0.05) is 12.1 Å². The molecule has 1 aromatic carbocycles. The first-order chi connectivity index (χ1) is 9.80. The first-order valence-corrected chi connectivity index (χ1v) is 9.32. The molecule has 1 heterocycles. The van der Waals surface area contributed by atoms with Crippen LogP contribution in [0.5, 0.6) is 0 Å². The van der Waals surface area contributed by atoms with Gasteiger partial charge in [-0.15, -0.1) is 0 Å². The van der Waals surface area contributed by atoms with Crippen molar-refractivity contribution >= 4 is 30.8 Å². The van der Waals surface area contributed by atoms with Crippen LogP contribution in [-0.4, -0.2) is 34.1 Å². The van der Waals surface area contributed by atoms with E-state index in [1.807, 2.05) is 0 Å². The van der Waals surface area contributed by atoms with E-state index in [-0.39, 0.29) is 23.6 Å². The fourth-order valence-corrected chi connectivity index (χ4v) is 3.73. The van der Waals surface area contributed by atoms with Crippen LogP contribution in [-0.2, 0) is 20.0 Å². The van der Waals surface area contributed by atoms with Crippen LogP contribution in [0.2, 0.25) is 0 Å². The van der Waals surface area contributed by atoms with Gasteiger partial charge < -0.3 is 0 Å². The van der Waals surface area contributed by atoms with Crippen molar-refractivity contribution in [3.63, 3.8) is 0 Å². The molecule has 9 heteroatoms. The monoisotopic (exact) mass is 329 g/mol. The van der Waals surface area contributed by atoms with E-state index in [0.29, 0.717) is 10.8 Å². The van der Waals surface area contributed by atoms with E-state index in [1.54, 1.807) is 24.4 Å². The fourth-order valence-electron chi connectivity index (χ4n) is 1.88. The molecule has 0 atom stereocenters. The minimum absolute atomic E-state index is 0.000233. The standard InChI is InChI=1S/C12H15N3O4S2/c13-20(16,17)8-2-6-15-21(18,19)12-4-1-3-10-9-14-7-5-11(10)12/h1,3-5,7,9,15H,2,6,8H2,(H2,13,16,17). The summed E-state index contributed by atoms with van der Waals surface area (Å²) in [6, 6.07) is 6.50. The number of nitrogens with two attached hydrogens (primary N) is 1. The number of rotatable bonds is 6. The summed E-state index contributed by atoms with van der Waals surface area (Å²) in [5.74, 6) is -0.269. The third-order valence-electron chi connectivity index (χ3n) is 2.83. The number of benzene rings is 1. The molecule has 0 amide bonds. The number of fused-ring (bicyclic) bond motifs is 1. The lowest BCUT2D eigenvalue weighted by molar-refractivity contribution is 0.577. The summed E-state index contributed by atoms with van der Waals surface area (Å²) in [6.07, 6.45) is 3.21. The third kappa shape index (κ3) is 4.21. The lowest BCUT2D eigenvalue weighted by atomic mass is 10.2. The zero-order chi connectivity index (χ0) is 15.5. The van der Waals surface area contributed by atoms with E-state index in [0.717, 1.165) is 0 Å². The molecule has 2 rings (SSSR count). The molecule has 0 fully saturated rings. The number of nitrogens with zero attached hydrogens (tertiary/aromatic N) is 1. The van der Waals surface area contributed by atoms with Gasteiger partial charge in [0.15, 0.2) is 0 Å². The van der Waals surface area contributed by atoms with Gasteiger partial charge in [-0.3, -0.25) is 4.98 Å². The second kappa shape index (κ2) is 6.06. The van der Waals surface area contributed by atoms with Crippen molar-refractivity contribution in [1.82, 2.24) is 9.71 Å². The Bertz CT molecular complexity index is 842. The maximum absolute atomic E-state index is 12.3. The molecular weight excluding hydrogens is 314 g/mol. The van der Waals surface area contributed by atoms with Crippen molar-refractivity contribution in [2.75, 3.05) is 12.3 Å². The molecule has 0 aliphatic rings. The Morgan fingerprint density at radius 2 is 1.90 bits per heavy atom. The zero-order valence-electron chi connectivity index (χ0n) is 11.1. The predicted octanol–water partition coefficient (Wildman–Crippen LogP) is 0.192. The summed E-state index contributed by atoms with van der Waals surface area (Å²) in [6.45, 7) is 0.000233. The second-order valence-corrected chi connectivity index (χ2v) is 7.94. The average Bonchev–Trinajstić information content (AvgIpc) is 2.42. The highest BCUT2D eigenvalue weighted by Gasteiger charge is 2.16. The molecule has 0 saturated carbocycles. The van der Waals surface area contributed by atoms with Gasteiger partial charge in [-0.2, -0.15) is 0 Å². The number of hydrogen-bond donors (Lipinski definition) is 2. The summed E-state index contributed by atoms with van der Waals surface area (Å²) in [4.78, 5) is 4.08. The highest BCUT2D eigenvalue weighted by Crippen LogP contribution is 2.21. The second-order valence-electron chi connectivity index (χ2n) is 4.47. The Labute approximate surface area is 123 Å². The van der Waals surface area contributed by atoms with Gasteiger partial charge in [0.1, 0.15) is 0 Å². The van der Waals surface area contributed by atoms with E-state index < -0.39 is 20.0 Å². The van der Waals surface area contributed by atoms with Gasteiger partial charge in [0.25, 0.3) is 0 Å². The van der Waals surface area contributed by atoms with Gasteiger partial charge >= 0.3 is 0 Å². The molecule has 0 bridgehead atoms. The molecule has 1 aromatic heterocycles. The molecular formula is C12H15N3O4S2. The number of sulfonamides is 2. The molecule has 3 N–H and O–H groups in total. The summed E-state index contributed by atoms with van der Waals surface area (Å²) in [5, 5.41) is 6.13. The molecule has 0 aliphatic heterocycles. The van der Waals surface area contributed by atoms with Gasteiger partial charge in [0.05, 0.1) is 10.6 Å². The Balaban J connectivity index is 2.19. The van der Waals surface area contributed by atoms with Crippen LogP contribution >= 0.6 is 0 Å². The van der Waals surface area contributed by atoms with E-state index in [9.17, 15) is 16.8 Å². The van der Waals surface area contributed by atoms with Crippen LogP contribution in [0.4, 0.5) is 0 Å². The Kier molecular flexibility index (Phi) is 4.57. The van der Waals surface area contributed by atoms with Crippen molar-refractivity contribution in [1.29, 1.82) is 0 Å². The molecule has 0 radical (unpaired) electrons. The van der Waals surface area contributed by atoms with Gasteiger partial charge in [0, 0.05) is 29.7 Å². The number of aromatic nitrogens is 1. The topological polar surface area (TPSA) is 119 Å². The summed E-state index contributed by atoms with van der Waals surface area (Å²) < 4.78 is 48.5. The van der Waals surface area contributed by atoms with E-state index in [2.05, 4.69) is 9.71 Å². The predicted molar refractivity (Wildman–Crippen MR) is 79.5 cm³/mol. The third-order valence-corrected chi connectivity index (χ3v) is 5.20. The highest BCUT2D eigenvalue weighted by molar-refractivity contribution is 7.90. The number of nitrogens with one attached hydrogen (secondary N) is 1. The number of hydrogen-bond acceptors (Lipinski definition) is 5. The van der Waals surface area contributed by atoms with Crippen LogP contribution in [0.1, 0.15) is 6.42 Å². The molecule has 7 nitrogen and oxygen atoms in total. The molecule has 0 aliphatic carbocycles. The molecule has 2 aromatic rings. The van der Waals surface area contributed by atoms with Crippen molar-refractivity contribution in [2.24, 2.45) is 5.14 Å². The number of primary sulfonamides is 1. The molecule has 0 unspecified atom stereocenters. The SMILES string of the molecule is NS(=O)(=O)CCCNS(=O)(=O)c1cccc2cnccc12. The molecule has 21 heavy (non-hydrogen) atoms. The largest absolute Gasteiger partial charge is 0.264 e. The molecule has 0 spiro atoms. The van der Waals surface area contributed by atoms with Gasteiger partial charge in [-0.25, -0.2) is 26.7 Å². The smallest absolute Gasteiger partial charge is 0.241 e. The Morgan fingerprint density at radius 3 is 2.62 bits per heavy atom. The van der Waals surface area contributed by atoms with Crippen molar-refractivity contribution in [3.05, 3.63) is 36.7 Å². The van der Waals surface area contributed by atoms with Crippen LogP contribution in [0, 0.1) is 0 Å². The summed E-state index contributed by atoms with van der Waals surface area (Å²) >= 11 is 0. The van der Waals surface area contributed by atoms with Crippen molar-refractivity contribution in [2.45, 2.75) is 11.3 Å². The highest BCUT2D eigenvalue weighted by atomic mass is 32.2. The maximum Gasteiger partial charge on any atom is 0.241 e. The first-order valence-electron chi connectivity index (χ1n) is 6.12. The zero-order valence-corrected chi connectivity index (χ0v) is 12.7. The van der Waals surface area contributed by atoms with Crippen LogP contribution in [0.3, 0.4) is 0 Å². The first kappa shape index (κ1) is 15.8. The summed E-state index contributed by atoms with van der Waals surface area (Å²) in [5.41, 5.74) is 0. The molecule has 0 saturated heterocycles. The lowest BCUT2D eigenvalue weighted by Crippen LogP contribution is -2.27. The summed E-state index contributed by atoms with van der Waals surface area (Å²) in [7, 11) is -7.30. The number of pyridine rings is 1. The van der Waals surface area contributed by atoms with E-state index in [4.69, 9.17) is 5.14 Å². The minimum Gasteiger partial charge on any atom is -0.264 e. The van der Waals surface area contributed by atoms with Crippen molar-refractivity contribution < 1.29 is 16.8 Å². The van der Waals surface area contributed by atoms with Crippen LogP contribution in [0.15, 0.2) is 41.6 Å². The quantitative estimate of drug-likeness (QED) is 0.733. The van der Waals surface area contributed by atoms with E-state index in [1.165, 1.54) is 12.3 Å². The van der Waals surface area contributed by atoms with Gasteiger partial charge in [0.2, 0.25) is 20.0 Å². The van der Waals surface area contributed by atoms with Crippen LogP contribution in [0.25, 0.3) is 10.8 Å². The normalized spacial score (nSPS) is 12.6. The minimum atomic E-state index is -3.72. The lowest BCUT2D eigenvalue weighted by Gasteiger charge is -2.09. The fraction of sp³-hybridized carbons (Fsp3) is 0.250. The van der Waals surface area contributed by atoms with E-state index >= 15 is 0 Å².